The Bertz CT molecular complexity index is 550. The van der Waals surface area contributed by atoms with Crippen LogP contribution in [0.1, 0.15) is 70.3 Å². The van der Waals surface area contributed by atoms with Gasteiger partial charge in [0.15, 0.2) is 17.5 Å². The molecule has 1 saturated heterocycles. The van der Waals surface area contributed by atoms with Crippen LogP contribution in [0.3, 0.4) is 0 Å². The minimum Gasteiger partial charge on any atom is -0.204 e. The van der Waals surface area contributed by atoms with Gasteiger partial charge in [0.1, 0.15) is 0 Å². The zero-order valence-corrected chi connectivity index (χ0v) is 17.2. The number of rotatable bonds is 6. The van der Waals surface area contributed by atoms with E-state index < -0.39 is 26.2 Å². The van der Waals surface area contributed by atoms with Crippen LogP contribution < -0.4 is 0 Å². The lowest BCUT2D eigenvalue weighted by Crippen LogP contribution is -2.29. The van der Waals surface area contributed by atoms with Crippen molar-refractivity contribution in [1.82, 2.24) is 0 Å². The molecule has 0 aromatic heterocycles. The summed E-state index contributed by atoms with van der Waals surface area (Å²) in [5, 5.41) is 0. The SMILES string of the molecule is CCC[C@H]1CC[C@H]([Si@H]2CC[C@H](CCc3cc(F)c(F)c(F)c3)CC2)CC1. The monoisotopic (exact) mass is 382 g/mol. The normalized spacial score (nSPS) is 29.7. The van der Waals surface area contributed by atoms with Gasteiger partial charge in [-0.2, -0.15) is 0 Å². The zero-order valence-electron chi connectivity index (χ0n) is 16.1. The van der Waals surface area contributed by atoms with Crippen molar-refractivity contribution in [2.75, 3.05) is 0 Å². The van der Waals surface area contributed by atoms with E-state index in [4.69, 9.17) is 0 Å². The van der Waals surface area contributed by atoms with Crippen LogP contribution in [-0.2, 0) is 6.42 Å². The summed E-state index contributed by atoms with van der Waals surface area (Å²) in [6, 6.07) is 5.24. The molecule has 0 spiro atoms. The first-order valence-corrected chi connectivity index (χ1v) is 13.0. The summed E-state index contributed by atoms with van der Waals surface area (Å²) in [4.78, 5) is 0. The smallest absolute Gasteiger partial charge is 0.194 e. The molecule has 1 aromatic rings. The van der Waals surface area contributed by atoms with E-state index >= 15 is 0 Å². The van der Waals surface area contributed by atoms with Gasteiger partial charge in [0.05, 0.1) is 0 Å². The van der Waals surface area contributed by atoms with E-state index in [1.54, 1.807) is 0 Å². The summed E-state index contributed by atoms with van der Waals surface area (Å²) in [7, 11) is -0.585. The first kappa shape index (κ1) is 20.0. The number of halogens is 3. The topological polar surface area (TPSA) is 0 Å². The molecule has 1 saturated carbocycles. The van der Waals surface area contributed by atoms with E-state index in [2.05, 4.69) is 6.92 Å². The van der Waals surface area contributed by atoms with E-state index in [0.29, 0.717) is 17.9 Å². The third-order valence-electron chi connectivity index (χ3n) is 7.03. The zero-order chi connectivity index (χ0) is 18.5. The van der Waals surface area contributed by atoms with E-state index in [-0.39, 0.29) is 0 Å². The van der Waals surface area contributed by atoms with Crippen LogP contribution in [0.15, 0.2) is 12.1 Å². The quantitative estimate of drug-likeness (QED) is 0.366. The standard InChI is InChI=1S/C22H33F3Si/c1-2-3-16-6-8-19(9-7-16)26-12-10-17(11-13-26)4-5-18-14-20(23)22(25)21(24)15-18/h14-17,19,26H,2-13H2,1H3/t16-,17-,19-,26-. The van der Waals surface area contributed by atoms with Crippen molar-refractivity contribution in [3.63, 3.8) is 0 Å². The molecule has 0 atom stereocenters. The number of hydrogen-bond acceptors (Lipinski definition) is 0. The summed E-state index contributed by atoms with van der Waals surface area (Å²) in [5.41, 5.74) is 1.67. The van der Waals surface area contributed by atoms with E-state index in [9.17, 15) is 13.2 Å². The average Bonchev–Trinajstić information content (AvgIpc) is 2.66. The van der Waals surface area contributed by atoms with Crippen LogP contribution >= 0.6 is 0 Å². The van der Waals surface area contributed by atoms with Gasteiger partial charge in [0.25, 0.3) is 0 Å². The van der Waals surface area contributed by atoms with Gasteiger partial charge in [0, 0.05) is 8.80 Å². The maximum absolute atomic E-state index is 13.3. The van der Waals surface area contributed by atoms with Crippen LogP contribution in [0, 0.1) is 29.3 Å². The van der Waals surface area contributed by atoms with Crippen LogP contribution in [-0.4, -0.2) is 8.80 Å². The number of benzene rings is 1. The summed E-state index contributed by atoms with van der Waals surface area (Å²) >= 11 is 0. The lowest BCUT2D eigenvalue weighted by Gasteiger charge is -2.37. The van der Waals surface area contributed by atoms with Crippen molar-refractivity contribution in [2.45, 2.75) is 88.8 Å². The Labute approximate surface area is 158 Å². The Morgan fingerprint density at radius 3 is 2.00 bits per heavy atom. The molecule has 2 aliphatic rings. The molecule has 2 fully saturated rings. The van der Waals surface area contributed by atoms with Crippen LogP contribution in [0.25, 0.3) is 0 Å². The molecule has 0 radical (unpaired) electrons. The van der Waals surface area contributed by atoms with E-state index in [1.807, 2.05) is 0 Å². The van der Waals surface area contributed by atoms with Crippen molar-refractivity contribution in [3.8, 4) is 0 Å². The third-order valence-corrected chi connectivity index (χ3v) is 11.2. The average molecular weight is 383 g/mol. The summed E-state index contributed by atoms with van der Waals surface area (Å²) < 4.78 is 39.7. The lowest BCUT2D eigenvalue weighted by atomic mass is 9.86. The van der Waals surface area contributed by atoms with Gasteiger partial charge >= 0.3 is 0 Å². The molecule has 26 heavy (non-hydrogen) atoms. The van der Waals surface area contributed by atoms with Crippen molar-refractivity contribution < 1.29 is 13.2 Å². The van der Waals surface area contributed by atoms with E-state index in [0.717, 1.165) is 30.0 Å². The second-order valence-corrected chi connectivity index (χ2v) is 12.4. The van der Waals surface area contributed by atoms with E-state index in [1.165, 1.54) is 63.5 Å². The fourth-order valence-electron chi connectivity index (χ4n) is 5.43. The molecule has 1 aliphatic heterocycles. The largest absolute Gasteiger partial charge is 0.204 e. The molecule has 0 N–H and O–H groups in total. The lowest BCUT2D eigenvalue weighted by molar-refractivity contribution is 0.330. The maximum atomic E-state index is 13.3. The molecule has 4 heteroatoms. The van der Waals surface area contributed by atoms with Crippen LogP contribution in [0.5, 0.6) is 0 Å². The summed E-state index contributed by atoms with van der Waals surface area (Å²) in [6.45, 7) is 2.30. The minimum absolute atomic E-state index is 0.585. The Kier molecular flexibility index (Phi) is 7.25. The molecule has 0 nitrogen and oxygen atoms in total. The highest BCUT2D eigenvalue weighted by molar-refractivity contribution is 6.60. The Morgan fingerprint density at radius 2 is 1.42 bits per heavy atom. The highest BCUT2D eigenvalue weighted by Crippen LogP contribution is 2.42. The molecule has 0 unspecified atom stereocenters. The Hall–Kier alpha value is -0.773. The predicted octanol–water partition coefficient (Wildman–Crippen LogP) is 7.03. The summed E-state index contributed by atoms with van der Waals surface area (Å²) in [6.07, 6.45) is 12.9. The Morgan fingerprint density at radius 1 is 0.846 bits per heavy atom. The minimum atomic E-state index is -1.35. The first-order valence-electron chi connectivity index (χ1n) is 10.7. The number of aryl methyl sites for hydroxylation is 1. The predicted molar refractivity (Wildman–Crippen MR) is 105 cm³/mol. The molecule has 1 aliphatic carbocycles. The molecule has 3 rings (SSSR count). The molecular weight excluding hydrogens is 349 g/mol. The molecule has 0 bridgehead atoms. The molecular formula is C22H33F3Si. The third kappa shape index (κ3) is 5.14. The van der Waals surface area contributed by atoms with Gasteiger partial charge in [0.2, 0.25) is 0 Å². The first-order chi connectivity index (χ1) is 12.6. The van der Waals surface area contributed by atoms with Crippen molar-refractivity contribution in [3.05, 3.63) is 35.1 Å². The second kappa shape index (κ2) is 9.43. The van der Waals surface area contributed by atoms with Crippen molar-refractivity contribution in [2.24, 2.45) is 11.8 Å². The molecule has 146 valence electrons. The highest BCUT2D eigenvalue weighted by atomic mass is 28.3. The fraction of sp³-hybridized carbons (Fsp3) is 0.727. The van der Waals surface area contributed by atoms with Crippen molar-refractivity contribution in [1.29, 1.82) is 0 Å². The van der Waals surface area contributed by atoms with Crippen molar-refractivity contribution >= 4 is 8.80 Å². The van der Waals surface area contributed by atoms with Gasteiger partial charge in [-0.25, -0.2) is 13.2 Å². The van der Waals surface area contributed by atoms with Crippen LogP contribution in [0.4, 0.5) is 13.2 Å². The van der Waals surface area contributed by atoms with Gasteiger partial charge in [-0.05, 0) is 47.9 Å². The van der Waals surface area contributed by atoms with Gasteiger partial charge in [-0.3, -0.25) is 0 Å². The molecule has 0 amide bonds. The number of hydrogen-bond donors (Lipinski definition) is 0. The highest BCUT2D eigenvalue weighted by Gasteiger charge is 2.31. The molecule has 1 heterocycles. The van der Waals surface area contributed by atoms with Gasteiger partial charge < -0.3 is 0 Å². The van der Waals surface area contributed by atoms with Gasteiger partial charge in [-0.1, -0.05) is 70.4 Å². The second-order valence-electron chi connectivity index (χ2n) is 8.76. The summed E-state index contributed by atoms with van der Waals surface area (Å²) in [5.74, 6) is -1.79. The van der Waals surface area contributed by atoms with Crippen LogP contribution in [0.2, 0.25) is 17.6 Å². The fourth-order valence-corrected chi connectivity index (χ4v) is 9.79. The Balaban J connectivity index is 1.40. The maximum Gasteiger partial charge on any atom is 0.194 e. The molecule has 1 aromatic carbocycles. The van der Waals surface area contributed by atoms with Gasteiger partial charge in [-0.15, -0.1) is 0 Å².